The Balaban J connectivity index is -0.0000000150. The molecule has 0 N–H and O–H groups in total. The minimum Gasteiger partial charge on any atom is -0.768 e. The van der Waals surface area contributed by atoms with E-state index in [2.05, 4.69) is 37.9 Å². The molecule has 4 heteroatoms. The van der Waals surface area contributed by atoms with Gasteiger partial charge in [-0.15, -0.1) is 0 Å². The Morgan fingerprint density at radius 2 is 1.14 bits per heavy atom. The minimum atomic E-state index is -0.194. The van der Waals surface area contributed by atoms with Crippen molar-refractivity contribution in [2.75, 3.05) is 0 Å². The Morgan fingerprint density at radius 3 is 1.14 bits per heavy atom. The Bertz CT molecular complexity index is 14.9. The van der Waals surface area contributed by atoms with Crippen LogP contribution < -0.4 is 0 Å². The van der Waals surface area contributed by atoms with Gasteiger partial charge in [-0.25, -0.2) is 0 Å². The summed E-state index contributed by atoms with van der Waals surface area (Å²) in [6, 6.07) is 0. The zero-order valence-electron chi connectivity index (χ0n) is 4.38. The average molecular weight is 189 g/mol. The van der Waals surface area contributed by atoms with Gasteiger partial charge in [-0.3, -0.25) is 0 Å². The van der Waals surface area contributed by atoms with Crippen LogP contribution in [0.15, 0.2) is 0 Å². The maximum atomic E-state index is 4.35. The fourth-order valence-corrected chi connectivity index (χ4v) is 0. The van der Waals surface area contributed by atoms with Crippen molar-refractivity contribution in [2.45, 2.75) is 3.91 Å². The SMILES string of the molecule is [CH3-].[CH3-].[S-]C(S)S.[Ti+3]. The maximum absolute atomic E-state index is 4.35. The van der Waals surface area contributed by atoms with Gasteiger partial charge in [-0.1, -0.05) is 3.91 Å². The molecule has 0 heterocycles. The Hall–Kier alpha value is 1.76. The van der Waals surface area contributed by atoms with Gasteiger partial charge in [0.25, 0.3) is 0 Å². The summed E-state index contributed by atoms with van der Waals surface area (Å²) in [7, 11) is 0. The van der Waals surface area contributed by atoms with Crippen LogP contribution in [0.1, 0.15) is 0 Å². The van der Waals surface area contributed by atoms with Gasteiger partial charge >= 0.3 is 21.7 Å². The first-order valence-electron chi connectivity index (χ1n) is 0.752. The summed E-state index contributed by atoms with van der Waals surface area (Å²) in [6.07, 6.45) is 0. The molecule has 0 rings (SSSR count). The second kappa shape index (κ2) is 15.7. The van der Waals surface area contributed by atoms with Crippen molar-refractivity contribution in [3.63, 3.8) is 0 Å². The van der Waals surface area contributed by atoms with E-state index in [4.69, 9.17) is 0 Å². The molecule has 0 aromatic rings. The Labute approximate surface area is 78.0 Å². The number of thiol groups is 2. The van der Waals surface area contributed by atoms with Crippen LogP contribution >= 0.6 is 25.3 Å². The second-order valence-electron chi connectivity index (χ2n) is 0.326. The predicted octanol–water partition coefficient (Wildman–Crippen LogP) is 1.57. The molecule has 0 atom stereocenters. The summed E-state index contributed by atoms with van der Waals surface area (Å²) in [6.45, 7) is 0. The van der Waals surface area contributed by atoms with Crippen LogP contribution in [0.5, 0.6) is 0 Å². The third-order valence-corrected chi connectivity index (χ3v) is 0. The molecule has 0 aliphatic heterocycles. The minimum absolute atomic E-state index is 0. The Morgan fingerprint density at radius 1 is 1.14 bits per heavy atom. The molecular formula is C3H9S3Ti. The average Bonchev–Trinajstić information content (AvgIpc) is 0.811. The fraction of sp³-hybridized carbons (Fsp3) is 0.333. The largest absolute Gasteiger partial charge is 3.00 e. The zero-order chi connectivity index (χ0) is 3.58. The van der Waals surface area contributed by atoms with Crippen LogP contribution in [0.4, 0.5) is 0 Å². The number of hydrogen-bond acceptors (Lipinski definition) is 3. The standard InChI is InChI=1S/CH4S3.2CH3.Ti/c2-1(3)4;;;/h1-4H;2*1H3;/q;2*-1;+3/p-1. The first kappa shape index (κ1) is 23.3. The molecule has 0 fully saturated rings. The fourth-order valence-electron chi connectivity index (χ4n) is 0. The predicted molar refractivity (Wildman–Crippen MR) is 42.0 cm³/mol. The van der Waals surface area contributed by atoms with Crippen LogP contribution in [0, 0.1) is 14.9 Å². The number of hydrogen-bond donors (Lipinski definition) is 2. The Kier molecular flexibility index (Phi) is 52.0. The summed E-state index contributed by atoms with van der Waals surface area (Å²) in [4.78, 5) is 0. The molecule has 0 spiro atoms. The van der Waals surface area contributed by atoms with E-state index >= 15 is 0 Å². The maximum Gasteiger partial charge on any atom is 3.00 e. The molecule has 0 aliphatic rings. The molecule has 0 unspecified atom stereocenters. The van der Waals surface area contributed by atoms with Crippen molar-refractivity contribution in [1.29, 1.82) is 0 Å². The normalized spacial score (nSPS) is 5.14. The molecule has 0 amide bonds. The van der Waals surface area contributed by atoms with E-state index in [0.29, 0.717) is 0 Å². The van der Waals surface area contributed by atoms with E-state index in [1.165, 1.54) is 0 Å². The molecule has 0 saturated carbocycles. The van der Waals surface area contributed by atoms with Gasteiger partial charge in [-0.2, -0.15) is 25.3 Å². The zero-order valence-corrected chi connectivity index (χ0v) is 8.55. The topological polar surface area (TPSA) is 0 Å². The van der Waals surface area contributed by atoms with Gasteiger partial charge in [0.15, 0.2) is 0 Å². The van der Waals surface area contributed by atoms with Gasteiger partial charge in [0.05, 0.1) is 0 Å². The summed E-state index contributed by atoms with van der Waals surface area (Å²) in [5.74, 6) is 0. The molecule has 0 aliphatic carbocycles. The molecule has 0 aromatic carbocycles. The van der Waals surface area contributed by atoms with E-state index < -0.39 is 0 Å². The van der Waals surface area contributed by atoms with Gasteiger partial charge in [-0.05, 0) is 0 Å². The van der Waals surface area contributed by atoms with Crippen molar-refractivity contribution in [3.05, 3.63) is 14.9 Å². The quantitative estimate of drug-likeness (QED) is 0.192. The van der Waals surface area contributed by atoms with Crippen LogP contribution in [0.25, 0.3) is 0 Å². The second-order valence-corrected chi connectivity index (χ2v) is 2.94. The smallest absolute Gasteiger partial charge is 0.768 e. The molecule has 0 bridgehead atoms. The summed E-state index contributed by atoms with van der Waals surface area (Å²) >= 11 is 11.6. The third kappa shape index (κ3) is 82.9. The van der Waals surface area contributed by atoms with Crippen LogP contribution in [0.2, 0.25) is 0 Å². The van der Waals surface area contributed by atoms with Crippen molar-refractivity contribution in [1.82, 2.24) is 0 Å². The molecule has 0 aromatic heterocycles. The third-order valence-electron chi connectivity index (χ3n) is 0. The summed E-state index contributed by atoms with van der Waals surface area (Å²) in [5, 5.41) is 0. The van der Waals surface area contributed by atoms with Crippen molar-refractivity contribution >= 4 is 37.9 Å². The molecule has 1 radical (unpaired) electrons. The van der Waals surface area contributed by atoms with Gasteiger partial charge in [0.1, 0.15) is 0 Å². The summed E-state index contributed by atoms with van der Waals surface area (Å²) < 4.78 is -0.194. The van der Waals surface area contributed by atoms with Crippen LogP contribution in [0.3, 0.4) is 0 Å². The monoisotopic (exact) mass is 189 g/mol. The van der Waals surface area contributed by atoms with Crippen LogP contribution in [-0.2, 0) is 34.3 Å². The van der Waals surface area contributed by atoms with E-state index in [1.54, 1.807) is 0 Å². The first-order valence-corrected chi connectivity index (χ1v) is 2.26. The molecule has 7 heavy (non-hydrogen) atoms. The number of rotatable bonds is 0. The molecular weight excluding hydrogens is 180 g/mol. The molecule has 0 saturated heterocycles. The van der Waals surface area contributed by atoms with Crippen LogP contribution in [-0.4, -0.2) is 3.91 Å². The molecule has 43 valence electrons. The summed E-state index contributed by atoms with van der Waals surface area (Å²) in [5.41, 5.74) is 0. The van der Waals surface area contributed by atoms with E-state index in [-0.39, 0.29) is 40.5 Å². The van der Waals surface area contributed by atoms with Gasteiger partial charge in [0.2, 0.25) is 0 Å². The van der Waals surface area contributed by atoms with Crippen molar-refractivity contribution in [2.24, 2.45) is 0 Å². The van der Waals surface area contributed by atoms with E-state index in [0.717, 1.165) is 0 Å². The van der Waals surface area contributed by atoms with E-state index in [9.17, 15) is 0 Å². The van der Waals surface area contributed by atoms with Crippen molar-refractivity contribution in [3.8, 4) is 0 Å². The van der Waals surface area contributed by atoms with Gasteiger partial charge in [0, 0.05) is 0 Å². The van der Waals surface area contributed by atoms with Crippen molar-refractivity contribution < 1.29 is 21.7 Å². The van der Waals surface area contributed by atoms with Gasteiger partial charge < -0.3 is 27.5 Å². The first-order chi connectivity index (χ1) is 1.73. The van der Waals surface area contributed by atoms with E-state index in [1.807, 2.05) is 0 Å². The molecule has 0 nitrogen and oxygen atoms in total.